The summed E-state index contributed by atoms with van der Waals surface area (Å²) >= 11 is 1.28. The Kier molecular flexibility index (Phi) is 4.06. The first-order valence-corrected chi connectivity index (χ1v) is 7.74. The van der Waals surface area contributed by atoms with Crippen LogP contribution < -0.4 is 15.8 Å². The van der Waals surface area contributed by atoms with Gasteiger partial charge < -0.3 is 15.8 Å². The normalized spacial score (nSPS) is 16.5. The highest BCUT2D eigenvalue weighted by atomic mass is 32.1. The Morgan fingerprint density at radius 3 is 3.05 bits per heavy atom. The molecule has 2 heterocycles. The number of para-hydroxylation sites is 1. The number of hydrogen-bond acceptors (Lipinski definition) is 5. The van der Waals surface area contributed by atoms with Crippen LogP contribution in [0.3, 0.4) is 0 Å². The van der Waals surface area contributed by atoms with Gasteiger partial charge in [0.15, 0.2) is 5.13 Å². The van der Waals surface area contributed by atoms with Crippen molar-refractivity contribution in [1.29, 1.82) is 0 Å². The van der Waals surface area contributed by atoms with Crippen LogP contribution in [0.4, 0.5) is 5.13 Å². The van der Waals surface area contributed by atoms with E-state index in [0.717, 1.165) is 11.3 Å². The Morgan fingerprint density at radius 1 is 1.41 bits per heavy atom. The lowest BCUT2D eigenvalue weighted by Crippen LogP contribution is -2.32. The molecule has 0 saturated carbocycles. The van der Waals surface area contributed by atoms with Gasteiger partial charge in [0, 0.05) is 5.38 Å². The molecule has 114 valence electrons. The van der Waals surface area contributed by atoms with Crippen LogP contribution >= 0.6 is 11.3 Å². The molecule has 1 atom stereocenters. The van der Waals surface area contributed by atoms with Gasteiger partial charge in [0.05, 0.1) is 18.0 Å². The van der Waals surface area contributed by atoms with E-state index in [2.05, 4.69) is 10.3 Å². The van der Waals surface area contributed by atoms with E-state index in [1.165, 1.54) is 11.3 Å². The van der Waals surface area contributed by atoms with Crippen molar-refractivity contribution < 1.29 is 14.3 Å². The summed E-state index contributed by atoms with van der Waals surface area (Å²) in [6.45, 7) is 0.350. The number of fused-ring (bicyclic) bond motifs is 1. The molecule has 1 aromatic carbocycles. The van der Waals surface area contributed by atoms with E-state index in [0.29, 0.717) is 23.9 Å². The third-order valence-corrected chi connectivity index (χ3v) is 4.19. The SMILES string of the molecule is NC(=O)Cc1csc(NC(=O)[C@@H]2COc3ccccc3C2)n1. The molecule has 0 saturated heterocycles. The van der Waals surface area contributed by atoms with Crippen LogP contribution in [0.5, 0.6) is 5.75 Å². The molecule has 1 aromatic heterocycles. The topological polar surface area (TPSA) is 94.3 Å². The molecule has 1 aliphatic heterocycles. The maximum atomic E-state index is 12.3. The van der Waals surface area contributed by atoms with Crippen LogP contribution in [0.1, 0.15) is 11.3 Å². The van der Waals surface area contributed by atoms with Gasteiger partial charge in [0.25, 0.3) is 0 Å². The molecule has 0 bridgehead atoms. The number of nitrogens with zero attached hydrogens (tertiary/aromatic N) is 1. The molecule has 2 amide bonds. The highest BCUT2D eigenvalue weighted by molar-refractivity contribution is 7.13. The van der Waals surface area contributed by atoms with Crippen molar-refractivity contribution in [3.8, 4) is 5.75 Å². The zero-order valence-corrected chi connectivity index (χ0v) is 12.6. The van der Waals surface area contributed by atoms with Crippen molar-refractivity contribution in [1.82, 2.24) is 4.98 Å². The Balaban J connectivity index is 1.63. The Hall–Kier alpha value is -2.41. The van der Waals surface area contributed by atoms with E-state index in [-0.39, 0.29) is 18.2 Å². The van der Waals surface area contributed by atoms with E-state index < -0.39 is 5.91 Å². The van der Waals surface area contributed by atoms with Crippen LogP contribution in [-0.2, 0) is 22.4 Å². The summed E-state index contributed by atoms with van der Waals surface area (Å²) in [6, 6.07) is 7.71. The number of anilines is 1. The lowest BCUT2D eigenvalue weighted by molar-refractivity contribution is -0.121. The number of nitrogens with one attached hydrogen (secondary N) is 1. The lowest BCUT2D eigenvalue weighted by atomic mass is 9.96. The molecule has 3 rings (SSSR count). The van der Waals surface area contributed by atoms with Crippen molar-refractivity contribution in [2.75, 3.05) is 11.9 Å². The van der Waals surface area contributed by atoms with Crippen molar-refractivity contribution in [3.05, 3.63) is 40.9 Å². The second-order valence-electron chi connectivity index (χ2n) is 5.10. The molecule has 0 unspecified atom stereocenters. The van der Waals surface area contributed by atoms with Gasteiger partial charge in [-0.05, 0) is 18.1 Å². The number of nitrogens with two attached hydrogens (primary N) is 1. The van der Waals surface area contributed by atoms with E-state index in [1.807, 2.05) is 24.3 Å². The highest BCUT2D eigenvalue weighted by Crippen LogP contribution is 2.27. The second kappa shape index (κ2) is 6.15. The number of carbonyl (C=O) groups is 2. The summed E-state index contributed by atoms with van der Waals surface area (Å²) in [5.41, 5.74) is 6.72. The van der Waals surface area contributed by atoms with Crippen LogP contribution in [0.25, 0.3) is 0 Å². The van der Waals surface area contributed by atoms with Gasteiger partial charge in [-0.15, -0.1) is 11.3 Å². The van der Waals surface area contributed by atoms with Gasteiger partial charge in [-0.1, -0.05) is 18.2 Å². The number of amides is 2. The largest absolute Gasteiger partial charge is 0.492 e. The Bertz CT molecular complexity index is 714. The predicted octanol–water partition coefficient (Wildman–Crippen LogP) is 1.36. The molecule has 6 nitrogen and oxygen atoms in total. The van der Waals surface area contributed by atoms with Crippen molar-refractivity contribution in [3.63, 3.8) is 0 Å². The van der Waals surface area contributed by atoms with Crippen molar-refractivity contribution in [2.45, 2.75) is 12.8 Å². The summed E-state index contributed by atoms with van der Waals surface area (Å²) in [5.74, 6) is 0.0119. The molecule has 0 radical (unpaired) electrons. The van der Waals surface area contributed by atoms with Gasteiger partial charge in [-0.3, -0.25) is 9.59 Å². The van der Waals surface area contributed by atoms with Crippen LogP contribution in [-0.4, -0.2) is 23.4 Å². The maximum absolute atomic E-state index is 12.3. The zero-order chi connectivity index (χ0) is 15.5. The highest BCUT2D eigenvalue weighted by Gasteiger charge is 2.26. The van der Waals surface area contributed by atoms with Crippen LogP contribution in [0.15, 0.2) is 29.6 Å². The van der Waals surface area contributed by atoms with Crippen molar-refractivity contribution >= 4 is 28.3 Å². The molecule has 2 aromatic rings. The van der Waals surface area contributed by atoms with Crippen LogP contribution in [0.2, 0.25) is 0 Å². The Labute approximate surface area is 131 Å². The fraction of sp³-hybridized carbons (Fsp3) is 0.267. The summed E-state index contributed by atoms with van der Waals surface area (Å²) in [4.78, 5) is 27.3. The first-order chi connectivity index (χ1) is 10.6. The van der Waals surface area contributed by atoms with Gasteiger partial charge in [0.2, 0.25) is 11.8 Å². The monoisotopic (exact) mass is 317 g/mol. The number of rotatable bonds is 4. The Morgan fingerprint density at radius 2 is 2.23 bits per heavy atom. The number of aromatic nitrogens is 1. The van der Waals surface area contributed by atoms with Gasteiger partial charge in [0.1, 0.15) is 12.4 Å². The molecule has 0 spiro atoms. The number of ether oxygens (including phenoxy) is 1. The molecule has 0 fully saturated rings. The summed E-state index contributed by atoms with van der Waals surface area (Å²) in [7, 11) is 0. The smallest absolute Gasteiger partial charge is 0.233 e. The minimum Gasteiger partial charge on any atom is -0.492 e. The minimum atomic E-state index is -0.444. The van der Waals surface area contributed by atoms with E-state index in [9.17, 15) is 9.59 Å². The number of carbonyl (C=O) groups excluding carboxylic acids is 2. The van der Waals surface area contributed by atoms with Crippen LogP contribution in [0, 0.1) is 5.92 Å². The predicted molar refractivity (Wildman–Crippen MR) is 82.8 cm³/mol. The fourth-order valence-electron chi connectivity index (χ4n) is 2.33. The van der Waals surface area contributed by atoms with Gasteiger partial charge in [-0.2, -0.15) is 0 Å². The molecule has 3 N–H and O–H groups in total. The second-order valence-corrected chi connectivity index (χ2v) is 5.95. The third kappa shape index (κ3) is 3.25. The van der Waals surface area contributed by atoms with Gasteiger partial charge >= 0.3 is 0 Å². The van der Waals surface area contributed by atoms with Gasteiger partial charge in [-0.25, -0.2) is 4.98 Å². The number of primary amides is 1. The molecule has 22 heavy (non-hydrogen) atoms. The fourth-order valence-corrected chi connectivity index (χ4v) is 3.04. The minimum absolute atomic E-state index is 0.0757. The maximum Gasteiger partial charge on any atom is 0.233 e. The third-order valence-electron chi connectivity index (χ3n) is 3.39. The van der Waals surface area contributed by atoms with E-state index in [4.69, 9.17) is 10.5 Å². The summed E-state index contributed by atoms with van der Waals surface area (Å²) in [5, 5.41) is 4.96. The zero-order valence-electron chi connectivity index (χ0n) is 11.7. The molecule has 0 aliphatic carbocycles. The quantitative estimate of drug-likeness (QED) is 0.890. The van der Waals surface area contributed by atoms with Crippen molar-refractivity contribution in [2.24, 2.45) is 11.7 Å². The number of benzene rings is 1. The average molecular weight is 317 g/mol. The first kappa shape index (κ1) is 14.5. The summed E-state index contributed by atoms with van der Waals surface area (Å²) in [6.07, 6.45) is 0.716. The first-order valence-electron chi connectivity index (χ1n) is 6.86. The average Bonchev–Trinajstić information content (AvgIpc) is 2.93. The van der Waals surface area contributed by atoms with E-state index >= 15 is 0 Å². The summed E-state index contributed by atoms with van der Waals surface area (Å²) < 4.78 is 5.61. The number of thiazole rings is 1. The molecule has 1 aliphatic rings. The molecule has 7 heteroatoms. The standard InChI is InChI=1S/C15H15N3O3S/c16-13(19)6-11-8-22-15(17-11)18-14(20)10-5-9-3-1-2-4-12(9)21-7-10/h1-4,8,10H,5-7H2,(H2,16,19)(H,17,18,20)/t10-/m0/s1. The lowest BCUT2D eigenvalue weighted by Gasteiger charge is -2.24. The molecular weight excluding hydrogens is 302 g/mol. The van der Waals surface area contributed by atoms with E-state index in [1.54, 1.807) is 5.38 Å². The number of hydrogen-bond donors (Lipinski definition) is 2. The molecular formula is C15H15N3O3S.